The van der Waals surface area contributed by atoms with Crippen molar-refractivity contribution < 1.29 is 4.92 Å². The van der Waals surface area contributed by atoms with Gasteiger partial charge in [-0.05, 0) is 33.7 Å². The molecule has 4 nitrogen and oxygen atoms in total. The molecule has 0 radical (unpaired) electrons. The lowest BCUT2D eigenvalue weighted by atomic mass is 10.1. The summed E-state index contributed by atoms with van der Waals surface area (Å²) < 4.78 is 0. The Morgan fingerprint density at radius 3 is 2.59 bits per heavy atom. The summed E-state index contributed by atoms with van der Waals surface area (Å²) in [7, 11) is 0. The maximum Gasteiger partial charge on any atom is 0.366 e. The number of rotatable bonds is 3. The summed E-state index contributed by atoms with van der Waals surface area (Å²) in [6, 6.07) is 10.7. The zero-order chi connectivity index (χ0) is 12.3. The molecule has 0 amide bonds. The third-order valence-electron chi connectivity index (χ3n) is 2.38. The topological polar surface area (TPSA) is 56.0 Å². The van der Waals surface area contributed by atoms with Crippen LogP contribution < -0.4 is 0 Å². The highest BCUT2D eigenvalue weighted by Gasteiger charge is 2.14. The van der Waals surface area contributed by atoms with Gasteiger partial charge in [-0.2, -0.15) is 0 Å². The summed E-state index contributed by atoms with van der Waals surface area (Å²) in [6.45, 7) is 0. The standard InChI is InChI=1S/C12H9ClN2O2/c13-11-6-2-1-4-9(11)8-10-5-3-7-14-12(10)15(16)17/h1-7H,8H2. The molecule has 0 spiro atoms. The van der Waals surface area contributed by atoms with Gasteiger partial charge in [0.25, 0.3) is 0 Å². The molecule has 2 rings (SSSR count). The van der Waals surface area contributed by atoms with Gasteiger partial charge in [0.15, 0.2) is 0 Å². The van der Waals surface area contributed by atoms with Gasteiger partial charge in [-0.3, -0.25) is 0 Å². The minimum Gasteiger partial charge on any atom is -0.358 e. The van der Waals surface area contributed by atoms with E-state index in [0.717, 1.165) is 5.56 Å². The van der Waals surface area contributed by atoms with Crippen molar-refractivity contribution in [3.63, 3.8) is 0 Å². The largest absolute Gasteiger partial charge is 0.366 e. The van der Waals surface area contributed by atoms with E-state index < -0.39 is 4.92 Å². The fraction of sp³-hybridized carbons (Fsp3) is 0.0833. The number of nitro groups is 1. The minimum absolute atomic E-state index is 0.118. The van der Waals surface area contributed by atoms with Gasteiger partial charge in [0.2, 0.25) is 0 Å². The fourth-order valence-electron chi connectivity index (χ4n) is 1.58. The van der Waals surface area contributed by atoms with E-state index in [1.165, 1.54) is 6.20 Å². The number of hydrogen-bond donors (Lipinski definition) is 0. The minimum atomic E-state index is -0.480. The van der Waals surface area contributed by atoms with E-state index >= 15 is 0 Å². The lowest BCUT2D eigenvalue weighted by Crippen LogP contribution is -1.99. The van der Waals surface area contributed by atoms with Crippen LogP contribution in [0.5, 0.6) is 0 Å². The van der Waals surface area contributed by atoms with Crippen LogP contribution in [0.15, 0.2) is 42.6 Å². The zero-order valence-corrected chi connectivity index (χ0v) is 9.59. The molecule has 0 saturated carbocycles. The highest BCUT2D eigenvalue weighted by atomic mass is 35.5. The van der Waals surface area contributed by atoms with Crippen molar-refractivity contribution in [1.82, 2.24) is 4.98 Å². The van der Waals surface area contributed by atoms with Crippen LogP contribution in [0.4, 0.5) is 5.82 Å². The quantitative estimate of drug-likeness (QED) is 0.619. The summed E-state index contributed by atoms with van der Waals surface area (Å²) >= 11 is 6.02. The number of aromatic nitrogens is 1. The summed E-state index contributed by atoms with van der Waals surface area (Å²) in [4.78, 5) is 14.1. The monoisotopic (exact) mass is 248 g/mol. The Morgan fingerprint density at radius 1 is 1.18 bits per heavy atom. The van der Waals surface area contributed by atoms with Crippen molar-refractivity contribution in [2.24, 2.45) is 0 Å². The molecule has 5 heteroatoms. The van der Waals surface area contributed by atoms with Crippen LogP contribution in [0.25, 0.3) is 0 Å². The van der Waals surface area contributed by atoms with E-state index in [4.69, 9.17) is 11.6 Å². The molecule has 0 aliphatic heterocycles. The van der Waals surface area contributed by atoms with Gasteiger partial charge in [0.1, 0.15) is 6.20 Å². The summed E-state index contributed by atoms with van der Waals surface area (Å²) in [5, 5.41) is 11.4. The fourth-order valence-corrected chi connectivity index (χ4v) is 1.78. The van der Waals surface area contributed by atoms with Crippen LogP contribution in [0.2, 0.25) is 5.02 Å². The Labute approximate surface area is 103 Å². The van der Waals surface area contributed by atoms with E-state index in [-0.39, 0.29) is 5.82 Å². The predicted octanol–water partition coefficient (Wildman–Crippen LogP) is 3.23. The smallest absolute Gasteiger partial charge is 0.358 e. The first kappa shape index (κ1) is 11.5. The lowest BCUT2D eigenvalue weighted by Gasteiger charge is -2.04. The van der Waals surface area contributed by atoms with Gasteiger partial charge in [-0.15, -0.1) is 0 Å². The van der Waals surface area contributed by atoms with E-state index in [0.29, 0.717) is 17.0 Å². The van der Waals surface area contributed by atoms with Gasteiger partial charge in [-0.1, -0.05) is 29.8 Å². The SMILES string of the molecule is O=[N+]([O-])c1ncccc1Cc1ccccc1Cl. The lowest BCUT2D eigenvalue weighted by molar-refractivity contribution is -0.390. The van der Waals surface area contributed by atoms with Gasteiger partial charge in [0.05, 0.1) is 5.56 Å². The molecule has 17 heavy (non-hydrogen) atoms. The Hall–Kier alpha value is -1.94. The molecule has 1 aromatic heterocycles. The number of hydrogen-bond acceptors (Lipinski definition) is 3. The summed E-state index contributed by atoms with van der Waals surface area (Å²) in [6.07, 6.45) is 1.82. The number of pyridine rings is 1. The van der Waals surface area contributed by atoms with Crippen LogP contribution in [0.3, 0.4) is 0 Å². The molecular weight excluding hydrogens is 240 g/mol. The normalized spacial score (nSPS) is 10.2. The molecule has 0 N–H and O–H groups in total. The molecule has 0 bridgehead atoms. The van der Waals surface area contributed by atoms with Crippen molar-refractivity contribution in [1.29, 1.82) is 0 Å². The molecule has 0 aliphatic carbocycles. The third kappa shape index (κ3) is 2.60. The molecular formula is C12H9ClN2O2. The maximum absolute atomic E-state index is 10.8. The number of halogens is 1. The Balaban J connectivity index is 2.37. The molecule has 0 atom stereocenters. The Morgan fingerprint density at radius 2 is 1.88 bits per heavy atom. The average molecular weight is 249 g/mol. The molecule has 2 aromatic rings. The van der Waals surface area contributed by atoms with Crippen molar-refractivity contribution in [3.8, 4) is 0 Å². The Bertz CT molecular complexity index is 558. The third-order valence-corrected chi connectivity index (χ3v) is 2.75. The molecule has 86 valence electrons. The van der Waals surface area contributed by atoms with Crippen LogP contribution in [0.1, 0.15) is 11.1 Å². The van der Waals surface area contributed by atoms with Crippen molar-refractivity contribution in [2.75, 3.05) is 0 Å². The second kappa shape index (κ2) is 4.93. The predicted molar refractivity (Wildman–Crippen MR) is 65.1 cm³/mol. The highest BCUT2D eigenvalue weighted by molar-refractivity contribution is 6.31. The van der Waals surface area contributed by atoms with Gasteiger partial charge in [0, 0.05) is 11.4 Å². The molecule has 0 unspecified atom stereocenters. The van der Waals surface area contributed by atoms with Crippen LogP contribution in [-0.2, 0) is 6.42 Å². The zero-order valence-electron chi connectivity index (χ0n) is 8.84. The van der Waals surface area contributed by atoms with Gasteiger partial charge < -0.3 is 10.1 Å². The van der Waals surface area contributed by atoms with Crippen LogP contribution >= 0.6 is 11.6 Å². The molecule has 0 aliphatic rings. The summed E-state index contributed by atoms with van der Waals surface area (Å²) in [5.74, 6) is -0.118. The first-order valence-electron chi connectivity index (χ1n) is 5.00. The van der Waals surface area contributed by atoms with Gasteiger partial charge >= 0.3 is 5.82 Å². The van der Waals surface area contributed by atoms with E-state index in [2.05, 4.69) is 4.98 Å². The van der Waals surface area contributed by atoms with Crippen LogP contribution in [0, 0.1) is 10.1 Å². The second-order valence-corrected chi connectivity index (χ2v) is 3.92. The Kier molecular flexibility index (Phi) is 3.35. The van der Waals surface area contributed by atoms with E-state index in [1.807, 2.05) is 18.2 Å². The van der Waals surface area contributed by atoms with E-state index in [1.54, 1.807) is 18.2 Å². The molecule has 0 saturated heterocycles. The molecule has 0 fully saturated rings. The van der Waals surface area contributed by atoms with Crippen molar-refractivity contribution in [2.45, 2.75) is 6.42 Å². The maximum atomic E-state index is 10.8. The first-order valence-corrected chi connectivity index (χ1v) is 5.38. The van der Waals surface area contributed by atoms with Crippen molar-refractivity contribution in [3.05, 3.63) is 68.9 Å². The number of nitrogens with zero attached hydrogens (tertiary/aromatic N) is 2. The molecule has 1 heterocycles. The van der Waals surface area contributed by atoms with E-state index in [9.17, 15) is 10.1 Å². The summed E-state index contributed by atoms with van der Waals surface area (Å²) in [5.41, 5.74) is 1.41. The average Bonchev–Trinajstić information content (AvgIpc) is 2.32. The first-order chi connectivity index (χ1) is 8.18. The number of benzene rings is 1. The van der Waals surface area contributed by atoms with Crippen LogP contribution in [-0.4, -0.2) is 9.91 Å². The highest BCUT2D eigenvalue weighted by Crippen LogP contribution is 2.22. The second-order valence-electron chi connectivity index (χ2n) is 3.51. The van der Waals surface area contributed by atoms with Gasteiger partial charge in [-0.25, -0.2) is 0 Å². The molecule has 1 aromatic carbocycles. The van der Waals surface area contributed by atoms with Crippen molar-refractivity contribution >= 4 is 17.4 Å².